The minimum absolute atomic E-state index is 0.204. The third-order valence-electron chi connectivity index (χ3n) is 4.58. The molecule has 0 amide bonds. The fraction of sp³-hybridized carbons (Fsp3) is 0.429. The molecule has 0 aromatic heterocycles. The van der Waals surface area contributed by atoms with Gasteiger partial charge in [-0.15, -0.1) is 47.0 Å². The average Bonchev–Trinajstić information content (AvgIpc) is 2.93. The third kappa shape index (κ3) is 10.9. The minimum atomic E-state index is -1.26. The lowest BCUT2D eigenvalue weighted by Gasteiger charge is -2.25. The van der Waals surface area contributed by atoms with E-state index in [1.807, 2.05) is 88.4 Å². The Morgan fingerprint density at radius 3 is 1.34 bits per heavy atom. The highest BCUT2D eigenvalue weighted by Crippen LogP contribution is 2.43. The number of ether oxygens (including phenoxy) is 2. The number of benzene rings is 2. The number of nitriles is 2. The second kappa shape index (κ2) is 17.4. The van der Waals surface area contributed by atoms with E-state index in [1.54, 1.807) is 0 Å². The van der Waals surface area contributed by atoms with Gasteiger partial charge >= 0.3 is 11.9 Å². The molecule has 0 N–H and O–H groups in total. The highest BCUT2D eigenvalue weighted by molar-refractivity contribution is 8.20. The zero-order valence-corrected chi connectivity index (χ0v) is 25.8. The van der Waals surface area contributed by atoms with Crippen LogP contribution in [0.1, 0.15) is 38.8 Å². The molecule has 10 heteroatoms. The van der Waals surface area contributed by atoms with Gasteiger partial charge in [-0.05, 0) is 11.1 Å². The number of esters is 2. The normalized spacial score (nSPS) is 11.1. The Bertz CT molecular complexity index is 1030. The lowest BCUT2D eigenvalue weighted by atomic mass is 10.2. The van der Waals surface area contributed by atoms with Crippen molar-refractivity contribution in [1.29, 1.82) is 10.5 Å². The molecule has 6 nitrogen and oxygen atoms in total. The van der Waals surface area contributed by atoms with Crippen molar-refractivity contribution in [3.8, 4) is 12.1 Å². The third-order valence-corrected chi connectivity index (χ3v) is 10.3. The van der Waals surface area contributed by atoms with Crippen LogP contribution in [0.4, 0.5) is 0 Å². The molecule has 0 spiro atoms. The van der Waals surface area contributed by atoms with E-state index in [-0.39, 0.29) is 10.5 Å². The smallest absolute Gasteiger partial charge is 0.347 e. The van der Waals surface area contributed by atoms with Crippen molar-refractivity contribution >= 4 is 59.0 Å². The summed E-state index contributed by atoms with van der Waals surface area (Å²) in [4.78, 5) is 23.9. The predicted molar refractivity (Wildman–Crippen MR) is 162 cm³/mol. The van der Waals surface area contributed by atoms with Gasteiger partial charge in [-0.1, -0.05) is 88.4 Å². The summed E-state index contributed by atoms with van der Waals surface area (Å²) in [5.74, 6) is 0.167. The van der Waals surface area contributed by atoms with E-state index in [4.69, 9.17) is 9.47 Å². The van der Waals surface area contributed by atoms with E-state index in [0.29, 0.717) is 11.5 Å². The zero-order chi connectivity index (χ0) is 28.6. The Hall–Kier alpha value is -2.24. The number of thioether (sulfide) groups is 4. The molecule has 0 fully saturated rings. The van der Waals surface area contributed by atoms with Gasteiger partial charge in [-0.3, -0.25) is 0 Å². The summed E-state index contributed by atoms with van der Waals surface area (Å²) in [6, 6.07) is 23.8. The fourth-order valence-electron chi connectivity index (χ4n) is 2.94. The molecular weight excluding hydrogens is 557 g/mol. The molecule has 0 unspecified atom stereocenters. The molecular formula is C28H34N2O4S4. The topological polar surface area (TPSA) is 100 Å². The standard InChI is InChI=1S/C18H17NO2S2.C10H17NO2S2/c1-21-17(20)18(14-19,22-12-15-8-4-2-5-9-15)23-13-16-10-6-3-7-11-16;1-7(2)14-10(6-11,9(12)13-5)15-8(3)4/h2-11H,12-13H2,1H3;7-8H,1-5H3. The van der Waals surface area contributed by atoms with Crippen LogP contribution in [0.5, 0.6) is 0 Å². The highest BCUT2D eigenvalue weighted by Gasteiger charge is 2.43. The molecule has 0 saturated heterocycles. The molecule has 204 valence electrons. The number of carbonyl (C=O) groups excluding carboxylic acids is 2. The average molecular weight is 591 g/mol. The lowest BCUT2D eigenvalue weighted by Crippen LogP contribution is -2.34. The molecule has 0 saturated carbocycles. The lowest BCUT2D eigenvalue weighted by molar-refractivity contribution is -0.140. The quantitative estimate of drug-likeness (QED) is 0.191. The largest absolute Gasteiger partial charge is 0.467 e. The summed E-state index contributed by atoms with van der Waals surface area (Å²) in [6.45, 7) is 7.84. The van der Waals surface area contributed by atoms with Crippen LogP contribution in [-0.4, -0.2) is 44.8 Å². The van der Waals surface area contributed by atoms with Gasteiger partial charge in [0.2, 0.25) is 8.16 Å². The molecule has 38 heavy (non-hydrogen) atoms. The molecule has 0 radical (unpaired) electrons. The maximum absolute atomic E-state index is 12.2. The van der Waals surface area contributed by atoms with E-state index in [0.717, 1.165) is 11.1 Å². The van der Waals surface area contributed by atoms with Crippen LogP contribution in [0.15, 0.2) is 60.7 Å². The van der Waals surface area contributed by atoms with Crippen molar-refractivity contribution in [2.45, 2.75) is 57.9 Å². The van der Waals surface area contributed by atoms with Gasteiger partial charge in [0.05, 0.1) is 14.2 Å². The van der Waals surface area contributed by atoms with Crippen LogP contribution in [-0.2, 0) is 30.6 Å². The molecule has 0 bridgehead atoms. The van der Waals surface area contributed by atoms with E-state index in [1.165, 1.54) is 61.3 Å². The van der Waals surface area contributed by atoms with E-state index in [2.05, 4.69) is 12.1 Å². The van der Waals surface area contributed by atoms with Gasteiger partial charge in [-0.25, -0.2) is 9.59 Å². The van der Waals surface area contributed by atoms with E-state index < -0.39 is 20.1 Å². The first-order valence-corrected chi connectivity index (χ1v) is 15.5. The Labute approximate surface area is 243 Å². The minimum Gasteiger partial charge on any atom is -0.467 e. The van der Waals surface area contributed by atoms with Crippen LogP contribution < -0.4 is 0 Å². The second-order valence-electron chi connectivity index (χ2n) is 8.32. The SMILES string of the molecule is COC(=O)C(C#N)(SC(C)C)SC(C)C.COC(=O)C(C#N)(SCc1ccccc1)SCc1ccccc1. The maximum Gasteiger partial charge on any atom is 0.347 e. The van der Waals surface area contributed by atoms with Gasteiger partial charge < -0.3 is 9.47 Å². The van der Waals surface area contributed by atoms with Crippen molar-refractivity contribution in [2.24, 2.45) is 0 Å². The summed E-state index contributed by atoms with van der Waals surface area (Å²) in [6.07, 6.45) is 0. The predicted octanol–water partition coefficient (Wildman–Crippen LogP) is 6.91. The summed E-state index contributed by atoms with van der Waals surface area (Å²) < 4.78 is 7.19. The van der Waals surface area contributed by atoms with Gasteiger partial charge in [0, 0.05) is 22.0 Å². The first kappa shape index (κ1) is 33.8. The summed E-state index contributed by atoms with van der Waals surface area (Å²) in [7, 11) is 2.64. The van der Waals surface area contributed by atoms with Gasteiger partial charge in [0.1, 0.15) is 12.1 Å². The van der Waals surface area contributed by atoms with Gasteiger partial charge in [-0.2, -0.15) is 10.5 Å². The maximum atomic E-state index is 12.2. The van der Waals surface area contributed by atoms with E-state index >= 15 is 0 Å². The molecule has 2 aromatic carbocycles. The molecule has 0 atom stereocenters. The summed E-state index contributed by atoms with van der Waals surface area (Å²) >= 11 is 5.27. The number of rotatable bonds is 12. The Morgan fingerprint density at radius 1 is 0.711 bits per heavy atom. The number of methoxy groups -OCH3 is 2. The van der Waals surface area contributed by atoms with Crippen LogP contribution in [0.25, 0.3) is 0 Å². The van der Waals surface area contributed by atoms with Crippen LogP contribution in [0.3, 0.4) is 0 Å². The zero-order valence-electron chi connectivity index (χ0n) is 22.5. The monoisotopic (exact) mass is 590 g/mol. The van der Waals surface area contributed by atoms with E-state index in [9.17, 15) is 20.1 Å². The molecule has 0 aliphatic heterocycles. The van der Waals surface area contributed by atoms with Crippen molar-refractivity contribution in [1.82, 2.24) is 0 Å². The molecule has 0 heterocycles. The van der Waals surface area contributed by atoms with Crippen molar-refractivity contribution in [2.75, 3.05) is 14.2 Å². The van der Waals surface area contributed by atoms with Crippen molar-refractivity contribution in [3.05, 3.63) is 71.8 Å². The molecule has 2 aromatic rings. The van der Waals surface area contributed by atoms with Gasteiger partial charge in [0.15, 0.2) is 0 Å². The number of carbonyl (C=O) groups is 2. The fourth-order valence-corrected chi connectivity index (χ4v) is 8.46. The molecule has 2 rings (SSSR count). The van der Waals surface area contributed by atoms with Crippen LogP contribution in [0.2, 0.25) is 0 Å². The number of nitrogens with zero attached hydrogens (tertiary/aromatic N) is 2. The molecule has 0 aliphatic rings. The summed E-state index contributed by atoms with van der Waals surface area (Å²) in [5, 5.41) is 19.2. The number of hydrogen-bond donors (Lipinski definition) is 0. The van der Waals surface area contributed by atoms with Crippen LogP contribution >= 0.6 is 47.0 Å². The van der Waals surface area contributed by atoms with Crippen molar-refractivity contribution in [3.63, 3.8) is 0 Å². The van der Waals surface area contributed by atoms with Gasteiger partial charge in [0.25, 0.3) is 0 Å². The van der Waals surface area contributed by atoms with Crippen molar-refractivity contribution < 1.29 is 19.1 Å². The first-order valence-electron chi connectivity index (χ1n) is 11.8. The molecule has 0 aliphatic carbocycles. The summed E-state index contributed by atoms with van der Waals surface area (Å²) in [5.41, 5.74) is 2.14. The second-order valence-corrected chi connectivity index (χ2v) is 14.8. The number of hydrogen-bond acceptors (Lipinski definition) is 10. The highest BCUT2D eigenvalue weighted by atomic mass is 32.2. The van der Waals surface area contributed by atoms with Crippen LogP contribution in [0, 0.1) is 22.7 Å². The Balaban J connectivity index is 0.000000420. The first-order chi connectivity index (χ1) is 18.1. The Kier molecular flexibility index (Phi) is 15.4. The Morgan fingerprint density at radius 2 is 1.05 bits per heavy atom.